The van der Waals surface area contributed by atoms with Crippen molar-refractivity contribution in [3.63, 3.8) is 0 Å². The minimum absolute atomic E-state index is 0.228. The van der Waals surface area contributed by atoms with Gasteiger partial charge in [-0.05, 0) is 24.3 Å². The Morgan fingerprint density at radius 1 is 1.25 bits per heavy atom. The summed E-state index contributed by atoms with van der Waals surface area (Å²) < 4.78 is 18.4. The molecule has 0 bridgehead atoms. The lowest BCUT2D eigenvalue weighted by Gasteiger charge is -2.04. The van der Waals surface area contributed by atoms with Crippen molar-refractivity contribution in [2.45, 2.75) is 0 Å². The lowest BCUT2D eigenvalue weighted by atomic mass is 10.0. The maximum Gasteiger partial charge on any atom is 0.178 e. The largest absolute Gasteiger partial charge is 0.380 e. The molecule has 4 nitrogen and oxygen atoms in total. The summed E-state index contributed by atoms with van der Waals surface area (Å²) in [6, 6.07) is 7.64. The summed E-state index contributed by atoms with van der Waals surface area (Å²) in [6.45, 7) is 0. The van der Waals surface area contributed by atoms with Crippen LogP contribution in [-0.4, -0.2) is 10.1 Å². The molecule has 0 saturated carbocycles. The number of hydrogen-bond acceptors (Lipinski definition) is 4. The Labute approximate surface area is 119 Å². The Hall–Kier alpha value is -2.40. The maximum atomic E-state index is 13.1. The zero-order chi connectivity index (χ0) is 14.1. The van der Waals surface area contributed by atoms with Crippen LogP contribution >= 0.6 is 11.6 Å². The van der Waals surface area contributed by atoms with Crippen LogP contribution < -0.4 is 5.73 Å². The SMILES string of the molecule is Nc1noc(-c2ccc(F)cc2Cl)c1-c1cccnc1. The van der Waals surface area contributed by atoms with E-state index in [1.54, 1.807) is 18.5 Å². The van der Waals surface area contributed by atoms with Crippen LogP contribution in [0.25, 0.3) is 22.5 Å². The normalized spacial score (nSPS) is 10.7. The van der Waals surface area contributed by atoms with E-state index in [1.807, 2.05) is 6.07 Å². The molecule has 100 valence electrons. The number of halogens is 2. The van der Waals surface area contributed by atoms with E-state index in [2.05, 4.69) is 10.1 Å². The van der Waals surface area contributed by atoms with Gasteiger partial charge in [0, 0.05) is 23.5 Å². The fraction of sp³-hybridized carbons (Fsp3) is 0. The first-order valence-electron chi connectivity index (χ1n) is 5.78. The van der Waals surface area contributed by atoms with Crippen LogP contribution in [0, 0.1) is 5.82 Å². The number of benzene rings is 1. The summed E-state index contributed by atoms with van der Waals surface area (Å²) in [6.07, 6.45) is 3.29. The average Bonchev–Trinajstić information content (AvgIpc) is 2.81. The van der Waals surface area contributed by atoms with E-state index in [0.29, 0.717) is 16.9 Å². The summed E-state index contributed by atoms with van der Waals surface area (Å²) in [7, 11) is 0. The van der Waals surface area contributed by atoms with E-state index < -0.39 is 5.82 Å². The molecule has 0 amide bonds. The predicted molar refractivity (Wildman–Crippen MR) is 74.6 cm³/mol. The van der Waals surface area contributed by atoms with Crippen LogP contribution in [-0.2, 0) is 0 Å². The average molecular weight is 290 g/mol. The molecule has 0 fully saturated rings. The third-order valence-electron chi connectivity index (χ3n) is 2.84. The van der Waals surface area contributed by atoms with Crippen molar-refractivity contribution in [2.24, 2.45) is 0 Å². The van der Waals surface area contributed by atoms with Crippen molar-refractivity contribution in [2.75, 3.05) is 5.73 Å². The molecule has 2 heterocycles. The molecular formula is C14H9ClFN3O. The topological polar surface area (TPSA) is 64.9 Å². The number of rotatable bonds is 2. The fourth-order valence-electron chi connectivity index (χ4n) is 1.95. The van der Waals surface area contributed by atoms with Crippen molar-refractivity contribution in [1.29, 1.82) is 0 Å². The highest BCUT2D eigenvalue weighted by Crippen LogP contribution is 2.39. The summed E-state index contributed by atoms with van der Waals surface area (Å²) >= 11 is 6.05. The van der Waals surface area contributed by atoms with Crippen molar-refractivity contribution in [3.8, 4) is 22.5 Å². The number of anilines is 1. The standard InChI is InChI=1S/C14H9ClFN3O/c15-11-6-9(16)3-4-10(11)13-12(14(17)19-20-13)8-2-1-5-18-7-8/h1-7H,(H2,17,19). The van der Waals surface area contributed by atoms with Crippen molar-refractivity contribution in [3.05, 3.63) is 53.6 Å². The van der Waals surface area contributed by atoms with Gasteiger partial charge in [0.15, 0.2) is 11.6 Å². The van der Waals surface area contributed by atoms with Gasteiger partial charge in [-0.2, -0.15) is 0 Å². The predicted octanol–water partition coefficient (Wildman–Crippen LogP) is 3.78. The van der Waals surface area contributed by atoms with Gasteiger partial charge in [-0.3, -0.25) is 4.98 Å². The Balaban J connectivity index is 2.21. The Morgan fingerprint density at radius 2 is 2.10 bits per heavy atom. The van der Waals surface area contributed by atoms with Crippen LogP contribution in [0.2, 0.25) is 5.02 Å². The highest BCUT2D eigenvalue weighted by molar-refractivity contribution is 6.33. The monoisotopic (exact) mass is 289 g/mol. The Morgan fingerprint density at radius 3 is 2.80 bits per heavy atom. The molecule has 1 aromatic carbocycles. The van der Waals surface area contributed by atoms with E-state index in [9.17, 15) is 4.39 Å². The van der Waals surface area contributed by atoms with Crippen molar-refractivity contribution in [1.82, 2.24) is 10.1 Å². The second-order valence-corrected chi connectivity index (χ2v) is 4.55. The third-order valence-corrected chi connectivity index (χ3v) is 3.16. The van der Waals surface area contributed by atoms with Gasteiger partial charge in [0.25, 0.3) is 0 Å². The molecule has 0 spiro atoms. The zero-order valence-corrected chi connectivity index (χ0v) is 10.9. The summed E-state index contributed by atoms with van der Waals surface area (Å²) in [4.78, 5) is 4.04. The minimum atomic E-state index is -0.422. The molecular weight excluding hydrogens is 281 g/mol. The highest BCUT2D eigenvalue weighted by atomic mass is 35.5. The van der Waals surface area contributed by atoms with E-state index in [4.69, 9.17) is 21.9 Å². The van der Waals surface area contributed by atoms with E-state index >= 15 is 0 Å². The van der Waals surface area contributed by atoms with Gasteiger partial charge in [-0.1, -0.05) is 22.8 Å². The maximum absolute atomic E-state index is 13.1. The van der Waals surface area contributed by atoms with E-state index in [0.717, 1.165) is 5.56 Å². The molecule has 6 heteroatoms. The van der Waals surface area contributed by atoms with Gasteiger partial charge in [0.2, 0.25) is 0 Å². The van der Waals surface area contributed by atoms with Gasteiger partial charge >= 0.3 is 0 Å². The molecule has 0 radical (unpaired) electrons. The minimum Gasteiger partial charge on any atom is -0.380 e. The fourth-order valence-corrected chi connectivity index (χ4v) is 2.20. The molecule has 2 aromatic heterocycles. The quantitative estimate of drug-likeness (QED) is 0.780. The van der Waals surface area contributed by atoms with Crippen molar-refractivity contribution >= 4 is 17.4 Å². The summed E-state index contributed by atoms with van der Waals surface area (Å²) in [5.41, 5.74) is 7.71. The molecule has 0 saturated heterocycles. The van der Waals surface area contributed by atoms with E-state index in [-0.39, 0.29) is 10.8 Å². The van der Waals surface area contributed by atoms with Crippen LogP contribution in [0.3, 0.4) is 0 Å². The first-order valence-corrected chi connectivity index (χ1v) is 6.15. The molecule has 0 aliphatic rings. The van der Waals surface area contributed by atoms with Gasteiger partial charge < -0.3 is 10.3 Å². The van der Waals surface area contributed by atoms with Crippen molar-refractivity contribution < 1.29 is 8.91 Å². The summed E-state index contributed by atoms with van der Waals surface area (Å²) in [5, 5.41) is 3.98. The van der Waals surface area contributed by atoms with E-state index in [1.165, 1.54) is 18.2 Å². The smallest absolute Gasteiger partial charge is 0.178 e. The van der Waals surface area contributed by atoms with Gasteiger partial charge in [0.05, 0.1) is 10.6 Å². The van der Waals surface area contributed by atoms with Crippen LogP contribution in [0.5, 0.6) is 0 Å². The zero-order valence-electron chi connectivity index (χ0n) is 10.2. The number of nitrogen functional groups attached to an aromatic ring is 1. The highest BCUT2D eigenvalue weighted by Gasteiger charge is 2.20. The molecule has 0 atom stereocenters. The third kappa shape index (κ3) is 2.12. The lowest BCUT2D eigenvalue weighted by Crippen LogP contribution is -1.89. The first kappa shape index (κ1) is 12.6. The number of hydrogen-bond donors (Lipinski definition) is 1. The second kappa shape index (κ2) is 4.94. The van der Waals surface area contributed by atoms with Crippen LogP contribution in [0.4, 0.5) is 10.2 Å². The molecule has 0 aliphatic carbocycles. The number of aromatic nitrogens is 2. The number of nitrogens with two attached hydrogens (primary N) is 1. The molecule has 20 heavy (non-hydrogen) atoms. The van der Waals surface area contributed by atoms with Gasteiger partial charge in [0.1, 0.15) is 5.82 Å². The Kier molecular flexibility index (Phi) is 3.12. The number of nitrogens with zero attached hydrogens (tertiary/aromatic N) is 2. The number of pyridine rings is 1. The molecule has 0 unspecified atom stereocenters. The van der Waals surface area contributed by atoms with Crippen LogP contribution in [0.1, 0.15) is 0 Å². The lowest BCUT2D eigenvalue weighted by molar-refractivity contribution is 0.436. The van der Waals surface area contributed by atoms with Gasteiger partial charge in [-0.25, -0.2) is 4.39 Å². The Bertz CT molecular complexity index is 758. The van der Waals surface area contributed by atoms with Crippen LogP contribution in [0.15, 0.2) is 47.2 Å². The molecule has 3 aromatic rings. The summed E-state index contributed by atoms with van der Waals surface area (Å²) in [5.74, 6) is 0.197. The molecule has 3 rings (SSSR count). The molecule has 2 N–H and O–H groups in total. The first-order chi connectivity index (χ1) is 9.66. The molecule has 0 aliphatic heterocycles. The second-order valence-electron chi connectivity index (χ2n) is 4.14. The van der Waals surface area contributed by atoms with Gasteiger partial charge in [-0.15, -0.1) is 0 Å².